The minimum atomic E-state index is -1.05. The van der Waals surface area contributed by atoms with E-state index in [1.165, 1.54) is 11.3 Å². The molecule has 1 aromatic carbocycles. The maximum atomic E-state index is 12.0. The molecule has 0 saturated carbocycles. The van der Waals surface area contributed by atoms with E-state index < -0.39 is 16.8 Å². The molecule has 2 rings (SSSR count). The first-order chi connectivity index (χ1) is 9.04. The number of aromatic carboxylic acids is 1. The van der Waals surface area contributed by atoms with E-state index in [2.05, 4.69) is 0 Å². The van der Waals surface area contributed by atoms with Crippen LogP contribution < -0.4 is 0 Å². The maximum absolute atomic E-state index is 12.0. The number of rotatable bonds is 5. The molecular formula is C13H11ClO3S2. The minimum absolute atomic E-state index is 0.276. The summed E-state index contributed by atoms with van der Waals surface area (Å²) in [7, 11) is -1.05. The van der Waals surface area contributed by atoms with Crippen LogP contribution in [0.2, 0.25) is 5.02 Å². The Balaban J connectivity index is 1.97. The van der Waals surface area contributed by atoms with E-state index in [-0.39, 0.29) is 4.88 Å². The van der Waals surface area contributed by atoms with Crippen LogP contribution in [0, 0.1) is 0 Å². The molecule has 0 aliphatic carbocycles. The monoisotopic (exact) mass is 314 g/mol. The third-order valence-electron chi connectivity index (χ3n) is 2.42. The molecule has 6 heteroatoms. The molecule has 100 valence electrons. The van der Waals surface area contributed by atoms with Crippen molar-refractivity contribution in [2.24, 2.45) is 0 Å². The largest absolute Gasteiger partial charge is 0.477 e. The van der Waals surface area contributed by atoms with Crippen LogP contribution in [-0.2, 0) is 22.3 Å². The molecule has 1 aromatic heterocycles. The van der Waals surface area contributed by atoms with Crippen LogP contribution >= 0.6 is 22.9 Å². The van der Waals surface area contributed by atoms with Crippen molar-refractivity contribution in [2.75, 3.05) is 0 Å². The van der Waals surface area contributed by atoms with Crippen LogP contribution in [0.4, 0.5) is 0 Å². The van der Waals surface area contributed by atoms with Crippen molar-refractivity contribution in [3.05, 3.63) is 56.7 Å². The molecule has 3 nitrogen and oxygen atoms in total. The Labute approximate surface area is 122 Å². The summed E-state index contributed by atoms with van der Waals surface area (Å²) in [5.74, 6) is -0.127. The molecule has 0 aliphatic heterocycles. The zero-order chi connectivity index (χ0) is 13.8. The highest BCUT2D eigenvalue weighted by atomic mass is 35.5. The fourth-order valence-electron chi connectivity index (χ4n) is 1.55. The first-order valence-corrected chi connectivity index (χ1v) is 8.14. The SMILES string of the molecule is O=C(O)c1ccc(CS(=O)Cc2ccc(Cl)cc2)s1. The van der Waals surface area contributed by atoms with Gasteiger partial charge in [-0.3, -0.25) is 4.21 Å². The highest BCUT2D eigenvalue weighted by Gasteiger charge is 2.09. The van der Waals surface area contributed by atoms with Crippen molar-refractivity contribution in [1.82, 2.24) is 0 Å². The number of thiophene rings is 1. The second-order valence-corrected chi connectivity index (χ2v) is 6.99. The number of halogens is 1. The molecule has 0 fully saturated rings. The van der Waals surface area contributed by atoms with E-state index in [0.29, 0.717) is 16.5 Å². The Morgan fingerprint density at radius 1 is 1.16 bits per heavy atom. The summed E-state index contributed by atoms with van der Waals surface area (Å²) in [6, 6.07) is 10.5. The maximum Gasteiger partial charge on any atom is 0.345 e. The van der Waals surface area contributed by atoms with Crippen LogP contribution in [0.25, 0.3) is 0 Å². The van der Waals surface area contributed by atoms with E-state index in [9.17, 15) is 9.00 Å². The molecule has 0 radical (unpaired) electrons. The number of hydrogen-bond donors (Lipinski definition) is 1. The minimum Gasteiger partial charge on any atom is -0.477 e. The lowest BCUT2D eigenvalue weighted by Gasteiger charge is -2.01. The Hall–Kier alpha value is -1.17. The van der Waals surface area contributed by atoms with Crippen molar-refractivity contribution < 1.29 is 14.1 Å². The quantitative estimate of drug-likeness (QED) is 0.918. The van der Waals surface area contributed by atoms with Gasteiger partial charge in [0.05, 0.1) is 5.75 Å². The predicted molar refractivity (Wildman–Crippen MR) is 78.3 cm³/mol. The van der Waals surface area contributed by atoms with Gasteiger partial charge in [0.1, 0.15) is 4.88 Å². The normalized spacial score (nSPS) is 12.3. The number of carboxylic acid groups (broad SMARTS) is 1. The van der Waals surface area contributed by atoms with Gasteiger partial charge in [0.25, 0.3) is 0 Å². The Kier molecular flexibility index (Phi) is 4.74. The second kappa shape index (κ2) is 6.32. The lowest BCUT2D eigenvalue weighted by atomic mass is 10.2. The molecule has 0 bridgehead atoms. The average molecular weight is 315 g/mol. The molecule has 19 heavy (non-hydrogen) atoms. The summed E-state index contributed by atoms with van der Waals surface area (Å²) in [5, 5.41) is 9.47. The standard InChI is InChI=1S/C13H11ClO3S2/c14-10-3-1-9(2-4-10)7-19(17)8-11-5-6-12(18-11)13(15)16/h1-6H,7-8H2,(H,15,16). The van der Waals surface area contributed by atoms with E-state index in [1.807, 2.05) is 12.1 Å². The molecule has 0 saturated heterocycles. The lowest BCUT2D eigenvalue weighted by molar-refractivity contribution is 0.0702. The Morgan fingerprint density at radius 2 is 1.84 bits per heavy atom. The number of benzene rings is 1. The van der Waals surface area contributed by atoms with Crippen LogP contribution in [-0.4, -0.2) is 15.3 Å². The van der Waals surface area contributed by atoms with Gasteiger partial charge >= 0.3 is 5.97 Å². The van der Waals surface area contributed by atoms with Gasteiger partial charge < -0.3 is 5.11 Å². The first kappa shape index (κ1) is 14.2. The van der Waals surface area contributed by atoms with Gasteiger partial charge in [-0.05, 0) is 29.8 Å². The molecule has 2 aromatic rings. The zero-order valence-electron chi connectivity index (χ0n) is 9.84. The third-order valence-corrected chi connectivity index (χ3v) is 5.21. The van der Waals surface area contributed by atoms with Gasteiger partial charge in [-0.15, -0.1) is 11.3 Å². The Bertz CT molecular complexity index is 605. The van der Waals surface area contributed by atoms with Crippen molar-refractivity contribution in [3.8, 4) is 0 Å². The van der Waals surface area contributed by atoms with Crippen LogP contribution in [0.3, 0.4) is 0 Å². The highest BCUT2D eigenvalue weighted by Crippen LogP contribution is 2.19. The van der Waals surface area contributed by atoms with E-state index in [4.69, 9.17) is 16.7 Å². The fourth-order valence-corrected chi connectivity index (χ4v) is 4.02. The summed E-state index contributed by atoms with van der Waals surface area (Å²) in [6.07, 6.45) is 0. The Morgan fingerprint density at radius 3 is 2.42 bits per heavy atom. The summed E-state index contributed by atoms with van der Waals surface area (Å²) >= 11 is 6.95. The molecule has 1 N–H and O–H groups in total. The van der Waals surface area contributed by atoms with E-state index in [1.54, 1.807) is 24.3 Å². The van der Waals surface area contributed by atoms with Crippen LogP contribution in [0.15, 0.2) is 36.4 Å². The van der Waals surface area contributed by atoms with Gasteiger partial charge in [0, 0.05) is 26.5 Å². The van der Waals surface area contributed by atoms with Gasteiger partial charge in [-0.2, -0.15) is 0 Å². The predicted octanol–water partition coefficient (Wildman–Crippen LogP) is 3.55. The molecule has 1 heterocycles. The molecule has 0 aliphatic rings. The molecule has 0 spiro atoms. The molecular weight excluding hydrogens is 304 g/mol. The van der Waals surface area contributed by atoms with Crippen molar-refractivity contribution >= 4 is 39.7 Å². The summed E-state index contributed by atoms with van der Waals surface area (Å²) in [4.78, 5) is 11.8. The first-order valence-electron chi connectivity index (χ1n) is 5.46. The number of carboxylic acids is 1. The van der Waals surface area contributed by atoms with Crippen molar-refractivity contribution in [3.63, 3.8) is 0 Å². The van der Waals surface area contributed by atoms with Crippen molar-refractivity contribution in [1.29, 1.82) is 0 Å². The summed E-state index contributed by atoms with van der Waals surface area (Å²) in [5.41, 5.74) is 0.956. The van der Waals surface area contributed by atoms with Gasteiger partial charge in [0.15, 0.2) is 0 Å². The summed E-state index contributed by atoms with van der Waals surface area (Å²) < 4.78 is 12.0. The lowest BCUT2D eigenvalue weighted by Crippen LogP contribution is -1.98. The van der Waals surface area contributed by atoms with Gasteiger partial charge in [-0.1, -0.05) is 23.7 Å². The topological polar surface area (TPSA) is 54.4 Å². The van der Waals surface area contributed by atoms with Crippen LogP contribution in [0.1, 0.15) is 20.1 Å². The van der Waals surface area contributed by atoms with Gasteiger partial charge in [0.2, 0.25) is 0 Å². The zero-order valence-corrected chi connectivity index (χ0v) is 12.2. The summed E-state index contributed by atoms with van der Waals surface area (Å²) in [6.45, 7) is 0. The number of hydrogen-bond acceptors (Lipinski definition) is 3. The molecule has 1 atom stereocenters. The average Bonchev–Trinajstić information content (AvgIpc) is 2.80. The highest BCUT2D eigenvalue weighted by molar-refractivity contribution is 7.83. The van der Waals surface area contributed by atoms with Crippen molar-refractivity contribution in [2.45, 2.75) is 11.5 Å². The molecule has 1 unspecified atom stereocenters. The second-order valence-electron chi connectivity index (χ2n) is 3.93. The number of carbonyl (C=O) groups is 1. The van der Waals surface area contributed by atoms with Gasteiger partial charge in [-0.25, -0.2) is 4.79 Å². The van der Waals surface area contributed by atoms with E-state index in [0.717, 1.165) is 10.4 Å². The third kappa shape index (κ3) is 4.16. The smallest absolute Gasteiger partial charge is 0.345 e. The molecule has 0 amide bonds. The fraction of sp³-hybridized carbons (Fsp3) is 0.154. The van der Waals surface area contributed by atoms with Crippen LogP contribution in [0.5, 0.6) is 0 Å². The van der Waals surface area contributed by atoms with E-state index >= 15 is 0 Å².